The van der Waals surface area contributed by atoms with Gasteiger partial charge in [0, 0.05) is 25.0 Å². The molecule has 3 nitrogen and oxygen atoms in total. The molecule has 0 aromatic carbocycles. The number of rotatable bonds is 8. The Kier molecular flexibility index (Phi) is 6.31. The average Bonchev–Trinajstić information content (AvgIpc) is 2.96. The topological polar surface area (TPSA) is 28.2 Å². The molecule has 0 aliphatic heterocycles. The number of hydrogen-bond acceptors (Lipinski definition) is 3. The van der Waals surface area contributed by atoms with Crippen LogP contribution in [0.3, 0.4) is 0 Å². The maximum absolute atomic E-state index is 4.05. The monoisotopic (exact) mass is 261 g/mol. The number of aromatic nitrogens is 1. The van der Waals surface area contributed by atoms with E-state index in [1.165, 1.54) is 50.8 Å². The smallest absolute Gasteiger partial charge is 0.0270 e. The molecular weight excluding hydrogens is 234 g/mol. The minimum atomic E-state index is 0.808. The summed E-state index contributed by atoms with van der Waals surface area (Å²) in [4.78, 5) is 6.48. The van der Waals surface area contributed by atoms with E-state index in [1.54, 1.807) is 0 Å². The molecule has 0 spiro atoms. The number of hydrogen-bond donors (Lipinski definition) is 1. The van der Waals surface area contributed by atoms with Crippen LogP contribution >= 0.6 is 0 Å². The van der Waals surface area contributed by atoms with E-state index in [-0.39, 0.29) is 0 Å². The largest absolute Gasteiger partial charge is 0.314 e. The summed E-state index contributed by atoms with van der Waals surface area (Å²) in [6, 6.07) is 5.02. The van der Waals surface area contributed by atoms with Gasteiger partial charge in [-0.2, -0.15) is 0 Å². The summed E-state index contributed by atoms with van der Waals surface area (Å²) in [6.45, 7) is 3.49. The summed E-state index contributed by atoms with van der Waals surface area (Å²) in [5, 5.41) is 3.68. The van der Waals surface area contributed by atoms with Crippen LogP contribution in [0.4, 0.5) is 0 Å². The molecule has 106 valence electrons. The molecule has 2 rings (SSSR count). The summed E-state index contributed by atoms with van der Waals surface area (Å²) in [6.07, 6.45) is 11.7. The SMILES string of the molecule is CN(CCCNC1CCCC1)CCc1ccncc1. The van der Waals surface area contributed by atoms with Crippen LogP contribution in [0.1, 0.15) is 37.7 Å². The van der Waals surface area contributed by atoms with E-state index in [1.807, 2.05) is 12.4 Å². The molecule has 1 N–H and O–H groups in total. The van der Waals surface area contributed by atoms with Crippen LogP contribution in [0.15, 0.2) is 24.5 Å². The van der Waals surface area contributed by atoms with Crippen LogP contribution < -0.4 is 5.32 Å². The number of nitrogens with one attached hydrogen (secondary N) is 1. The molecule has 1 saturated carbocycles. The second-order valence-corrected chi connectivity index (χ2v) is 5.70. The van der Waals surface area contributed by atoms with Gasteiger partial charge in [-0.1, -0.05) is 12.8 Å². The maximum atomic E-state index is 4.05. The highest BCUT2D eigenvalue weighted by Gasteiger charge is 2.13. The summed E-state index contributed by atoms with van der Waals surface area (Å²) in [5.74, 6) is 0. The van der Waals surface area contributed by atoms with Crippen molar-refractivity contribution >= 4 is 0 Å². The van der Waals surface area contributed by atoms with Gasteiger partial charge in [0.05, 0.1) is 0 Å². The van der Waals surface area contributed by atoms with Crippen LogP contribution in [0.2, 0.25) is 0 Å². The van der Waals surface area contributed by atoms with Gasteiger partial charge in [0.25, 0.3) is 0 Å². The fourth-order valence-electron chi connectivity index (χ4n) is 2.77. The zero-order valence-electron chi connectivity index (χ0n) is 12.1. The molecule has 1 aliphatic carbocycles. The Labute approximate surface area is 117 Å². The second kappa shape index (κ2) is 8.28. The third-order valence-corrected chi connectivity index (χ3v) is 4.04. The van der Waals surface area contributed by atoms with Crippen molar-refractivity contribution < 1.29 is 0 Å². The van der Waals surface area contributed by atoms with E-state index in [4.69, 9.17) is 0 Å². The minimum absolute atomic E-state index is 0.808. The van der Waals surface area contributed by atoms with E-state index in [9.17, 15) is 0 Å². The molecule has 19 heavy (non-hydrogen) atoms. The van der Waals surface area contributed by atoms with Gasteiger partial charge in [-0.3, -0.25) is 4.98 Å². The Morgan fingerprint density at radius 3 is 2.68 bits per heavy atom. The van der Waals surface area contributed by atoms with Gasteiger partial charge in [0.15, 0.2) is 0 Å². The zero-order chi connectivity index (χ0) is 13.3. The molecule has 0 saturated heterocycles. The predicted molar refractivity (Wildman–Crippen MR) is 80.3 cm³/mol. The van der Waals surface area contributed by atoms with E-state index in [0.29, 0.717) is 0 Å². The Morgan fingerprint density at radius 2 is 1.95 bits per heavy atom. The van der Waals surface area contributed by atoms with Crippen molar-refractivity contribution in [3.63, 3.8) is 0 Å². The van der Waals surface area contributed by atoms with Crippen LogP contribution in [-0.2, 0) is 6.42 Å². The fourth-order valence-corrected chi connectivity index (χ4v) is 2.77. The average molecular weight is 261 g/mol. The molecule has 0 atom stereocenters. The van der Waals surface area contributed by atoms with Crippen molar-refractivity contribution in [3.05, 3.63) is 30.1 Å². The minimum Gasteiger partial charge on any atom is -0.314 e. The Morgan fingerprint density at radius 1 is 1.21 bits per heavy atom. The van der Waals surface area contributed by atoms with Gasteiger partial charge in [-0.25, -0.2) is 0 Å². The first kappa shape index (κ1) is 14.5. The van der Waals surface area contributed by atoms with Crippen LogP contribution in [0, 0.1) is 0 Å². The van der Waals surface area contributed by atoms with Crippen LogP contribution in [-0.4, -0.2) is 42.6 Å². The van der Waals surface area contributed by atoms with Crippen molar-refractivity contribution in [1.82, 2.24) is 15.2 Å². The van der Waals surface area contributed by atoms with Crippen molar-refractivity contribution in [1.29, 1.82) is 0 Å². The Balaban J connectivity index is 1.51. The molecular formula is C16H27N3. The lowest BCUT2D eigenvalue weighted by atomic mass is 10.2. The molecule has 0 radical (unpaired) electrons. The number of likely N-dealkylation sites (N-methyl/N-ethyl adjacent to an activating group) is 1. The van der Waals surface area contributed by atoms with E-state index < -0.39 is 0 Å². The third kappa shape index (κ3) is 5.70. The van der Waals surface area contributed by atoms with Gasteiger partial charge in [-0.05, 0) is 63.5 Å². The lowest BCUT2D eigenvalue weighted by molar-refractivity contribution is 0.327. The van der Waals surface area contributed by atoms with Crippen molar-refractivity contribution in [2.45, 2.75) is 44.6 Å². The Bertz CT molecular complexity index is 333. The zero-order valence-corrected chi connectivity index (χ0v) is 12.1. The van der Waals surface area contributed by atoms with Gasteiger partial charge in [-0.15, -0.1) is 0 Å². The summed E-state index contributed by atoms with van der Waals surface area (Å²) >= 11 is 0. The van der Waals surface area contributed by atoms with Gasteiger partial charge < -0.3 is 10.2 Å². The van der Waals surface area contributed by atoms with Crippen molar-refractivity contribution in [2.75, 3.05) is 26.7 Å². The molecule has 1 aromatic rings. The molecule has 0 unspecified atom stereocenters. The summed E-state index contributed by atoms with van der Waals surface area (Å²) in [7, 11) is 2.22. The lowest BCUT2D eigenvalue weighted by Gasteiger charge is -2.18. The molecule has 1 aromatic heterocycles. The molecule has 3 heteroatoms. The van der Waals surface area contributed by atoms with E-state index in [0.717, 1.165) is 19.0 Å². The first-order valence-corrected chi connectivity index (χ1v) is 7.65. The number of nitrogens with zero attached hydrogens (tertiary/aromatic N) is 2. The molecule has 1 heterocycles. The third-order valence-electron chi connectivity index (χ3n) is 4.04. The van der Waals surface area contributed by atoms with Gasteiger partial charge >= 0.3 is 0 Å². The first-order chi connectivity index (χ1) is 9.34. The predicted octanol–water partition coefficient (Wildman–Crippen LogP) is 2.48. The molecule has 0 bridgehead atoms. The highest BCUT2D eigenvalue weighted by Crippen LogP contribution is 2.17. The lowest BCUT2D eigenvalue weighted by Crippen LogP contribution is -2.30. The molecule has 1 aliphatic rings. The first-order valence-electron chi connectivity index (χ1n) is 7.65. The number of pyridine rings is 1. The van der Waals surface area contributed by atoms with E-state index >= 15 is 0 Å². The van der Waals surface area contributed by atoms with E-state index in [2.05, 4.69) is 34.4 Å². The van der Waals surface area contributed by atoms with Gasteiger partial charge in [0.2, 0.25) is 0 Å². The summed E-state index contributed by atoms with van der Waals surface area (Å²) < 4.78 is 0. The van der Waals surface area contributed by atoms with Crippen molar-refractivity contribution in [2.24, 2.45) is 0 Å². The fraction of sp³-hybridized carbons (Fsp3) is 0.688. The van der Waals surface area contributed by atoms with Crippen LogP contribution in [0.25, 0.3) is 0 Å². The van der Waals surface area contributed by atoms with Gasteiger partial charge in [0.1, 0.15) is 0 Å². The normalized spacial score (nSPS) is 16.3. The highest BCUT2D eigenvalue weighted by atomic mass is 15.1. The van der Waals surface area contributed by atoms with Crippen molar-refractivity contribution in [3.8, 4) is 0 Å². The maximum Gasteiger partial charge on any atom is 0.0270 e. The quantitative estimate of drug-likeness (QED) is 0.729. The molecule has 0 amide bonds. The second-order valence-electron chi connectivity index (χ2n) is 5.70. The molecule has 1 fully saturated rings. The summed E-state index contributed by atoms with van der Waals surface area (Å²) in [5.41, 5.74) is 1.38. The van der Waals surface area contributed by atoms with Crippen LogP contribution in [0.5, 0.6) is 0 Å². The standard InChI is InChI=1S/C16H27N3/c1-19(14-9-15-7-11-17-12-8-15)13-4-10-18-16-5-2-3-6-16/h7-8,11-12,16,18H,2-6,9-10,13-14H2,1H3. The highest BCUT2D eigenvalue weighted by molar-refractivity contribution is 5.09. The Hall–Kier alpha value is -0.930.